The number of benzene rings is 1. The molecule has 0 aliphatic carbocycles. The van der Waals surface area contributed by atoms with Gasteiger partial charge in [0.2, 0.25) is 5.91 Å². The lowest BCUT2D eigenvalue weighted by atomic mass is 9.96. The second kappa shape index (κ2) is 8.22. The van der Waals surface area contributed by atoms with Crippen molar-refractivity contribution in [3.8, 4) is 0 Å². The Morgan fingerprint density at radius 2 is 1.84 bits per heavy atom. The van der Waals surface area contributed by atoms with Gasteiger partial charge in [-0.05, 0) is 36.8 Å². The Labute approximate surface area is 144 Å². The zero-order valence-electron chi connectivity index (χ0n) is 13.8. The fourth-order valence-corrected chi connectivity index (χ4v) is 2.88. The van der Waals surface area contributed by atoms with E-state index in [9.17, 15) is 22.8 Å². The summed E-state index contributed by atoms with van der Waals surface area (Å²) < 4.78 is 37.1. The zero-order chi connectivity index (χ0) is 18.4. The lowest BCUT2D eigenvalue weighted by Crippen LogP contribution is -2.46. The van der Waals surface area contributed by atoms with Crippen LogP contribution in [-0.4, -0.2) is 42.5 Å². The Morgan fingerprint density at radius 3 is 2.44 bits per heavy atom. The summed E-state index contributed by atoms with van der Waals surface area (Å²) in [6, 6.07) is 7.34. The van der Waals surface area contributed by atoms with Gasteiger partial charge in [-0.25, -0.2) is 0 Å². The van der Waals surface area contributed by atoms with Gasteiger partial charge in [0, 0.05) is 31.7 Å². The van der Waals surface area contributed by atoms with Crippen LogP contribution < -0.4 is 11.1 Å². The maximum Gasteiger partial charge on any atom is 0.471 e. The van der Waals surface area contributed by atoms with Crippen LogP contribution in [0.2, 0.25) is 0 Å². The van der Waals surface area contributed by atoms with Crippen molar-refractivity contribution in [2.45, 2.75) is 31.9 Å². The number of nitrogens with one attached hydrogen (secondary N) is 1. The minimum Gasteiger partial charge on any atom is -0.399 e. The van der Waals surface area contributed by atoms with Crippen molar-refractivity contribution >= 4 is 17.5 Å². The quantitative estimate of drug-likeness (QED) is 0.793. The lowest BCUT2D eigenvalue weighted by Gasteiger charge is -2.32. The van der Waals surface area contributed by atoms with Gasteiger partial charge in [0.1, 0.15) is 0 Å². The summed E-state index contributed by atoms with van der Waals surface area (Å²) in [5, 5.41) is 2.81. The molecule has 0 bridgehead atoms. The highest BCUT2D eigenvalue weighted by Gasteiger charge is 2.43. The van der Waals surface area contributed by atoms with Crippen LogP contribution in [0.15, 0.2) is 24.3 Å². The first-order valence-electron chi connectivity index (χ1n) is 8.23. The fraction of sp³-hybridized carbons (Fsp3) is 0.529. The molecule has 0 unspecified atom stereocenters. The second-order valence-electron chi connectivity index (χ2n) is 6.24. The van der Waals surface area contributed by atoms with Gasteiger partial charge in [0.25, 0.3) is 0 Å². The largest absolute Gasteiger partial charge is 0.471 e. The molecule has 1 aromatic rings. The predicted octanol–water partition coefficient (Wildman–Crippen LogP) is 2.12. The fourth-order valence-electron chi connectivity index (χ4n) is 2.88. The highest BCUT2D eigenvalue weighted by Crippen LogP contribution is 2.23. The summed E-state index contributed by atoms with van der Waals surface area (Å²) in [6.07, 6.45) is -3.07. The van der Waals surface area contributed by atoms with Crippen molar-refractivity contribution in [2.75, 3.05) is 25.4 Å². The molecule has 1 aliphatic heterocycles. The van der Waals surface area contributed by atoms with Crippen molar-refractivity contribution in [3.05, 3.63) is 29.8 Å². The van der Waals surface area contributed by atoms with E-state index in [1.807, 2.05) is 18.2 Å². The van der Waals surface area contributed by atoms with Crippen molar-refractivity contribution in [3.63, 3.8) is 0 Å². The number of nitrogens with two attached hydrogens (primary N) is 1. The Hall–Kier alpha value is -2.25. The van der Waals surface area contributed by atoms with Gasteiger partial charge in [0.15, 0.2) is 0 Å². The second-order valence-corrected chi connectivity index (χ2v) is 6.24. The van der Waals surface area contributed by atoms with E-state index in [-0.39, 0.29) is 24.9 Å². The van der Waals surface area contributed by atoms with Crippen LogP contribution in [0.5, 0.6) is 0 Å². The molecular formula is C17H22F3N3O2. The topological polar surface area (TPSA) is 75.4 Å². The Balaban J connectivity index is 1.68. The minimum atomic E-state index is -4.82. The number of halogens is 3. The third-order valence-electron chi connectivity index (χ3n) is 4.41. The van der Waals surface area contributed by atoms with Crippen molar-refractivity contribution in [1.29, 1.82) is 0 Å². The third-order valence-corrected chi connectivity index (χ3v) is 4.41. The van der Waals surface area contributed by atoms with Crippen LogP contribution in [-0.2, 0) is 16.0 Å². The maximum atomic E-state index is 12.4. The average molecular weight is 357 g/mol. The van der Waals surface area contributed by atoms with Crippen molar-refractivity contribution in [2.24, 2.45) is 5.92 Å². The van der Waals surface area contributed by atoms with Gasteiger partial charge in [-0.15, -0.1) is 0 Å². The number of anilines is 1. The highest BCUT2D eigenvalue weighted by atomic mass is 19.4. The number of hydrogen-bond acceptors (Lipinski definition) is 3. The van der Waals surface area contributed by atoms with E-state index in [2.05, 4.69) is 5.32 Å². The number of hydrogen-bond donors (Lipinski definition) is 2. The van der Waals surface area contributed by atoms with E-state index in [4.69, 9.17) is 5.73 Å². The molecule has 2 rings (SSSR count). The number of para-hydroxylation sites is 1. The van der Waals surface area contributed by atoms with Gasteiger partial charge in [0.05, 0.1) is 0 Å². The SMILES string of the molecule is Nc1ccccc1CCC(=O)NCC1CCN(C(=O)C(F)(F)F)CC1. The molecule has 25 heavy (non-hydrogen) atoms. The number of nitrogens with zero attached hydrogens (tertiary/aromatic N) is 1. The highest BCUT2D eigenvalue weighted by molar-refractivity contribution is 5.82. The van der Waals surface area contributed by atoms with Gasteiger partial charge in [-0.2, -0.15) is 13.2 Å². The smallest absolute Gasteiger partial charge is 0.399 e. The molecule has 0 aromatic heterocycles. The molecule has 1 fully saturated rings. The number of likely N-dealkylation sites (tertiary alicyclic amines) is 1. The average Bonchev–Trinajstić information content (AvgIpc) is 2.58. The molecule has 0 spiro atoms. The van der Waals surface area contributed by atoms with Crippen molar-refractivity contribution in [1.82, 2.24) is 10.2 Å². The third kappa shape index (κ3) is 5.65. The van der Waals surface area contributed by atoms with Crippen molar-refractivity contribution < 1.29 is 22.8 Å². The first-order chi connectivity index (χ1) is 11.8. The number of piperidine rings is 1. The van der Waals surface area contributed by atoms with Crippen LogP contribution >= 0.6 is 0 Å². The Bertz CT molecular complexity index is 611. The van der Waals surface area contributed by atoms with E-state index in [1.165, 1.54) is 0 Å². The number of alkyl halides is 3. The Kier molecular flexibility index (Phi) is 6.27. The van der Waals surface area contributed by atoms with Gasteiger partial charge < -0.3 is 16.0 Å². The molecule has 1 heterocycles. The molecule has 1 aliphatic rings. The minimum absolute atomic E-state index is 0.0689. The first kappa shape index (κ1) is 19.1. The predicted molar refractivity (Wildman–Crippen MR) is 87.5 cm³/mol. The van der Waals surface area contributed by atoms with Gasteiger partial charge >= 0.3 is 12.1 Å². The van der Waals surface area contributed by atoms with E-state index in [0.717, 1.165) is 10.5 Å². The molecule has 138 valence electrons. The summed E-state index contributed by atoms with van der Waals surface area (Å²) in [6.45, 7) is 0.552. The number of carbonyl (C=O) groups is 2. The maximum absolute atomic E-state index is 12.4. The molecule has 0 saturated carbocycles. The monoisotopic (exact) mass is 357 g/mol. The summed E-state index contributed by atoms with van der Waals surface area (Å²) in [5.74, 6) is -1.81. The number of aryl methyl sites for hydroxylation is 1. The summed E-state index contributed by atoms with van der Waals surface area (Å²) in [5.41, 5.74) is 7.39. The zero-order valence-corrected chi connectivity index (χ0v) is 13.8. The number of nitrogen functional groups attached to an aromatic ring is 1. The van der Waals surface area contributed by atoms with Crippen LogP contribution in [0.3, 0.4) is 0 Å². The first-order valence-corrected chi connectivity index (χ1v) is 8.23. The molecule has 0 atom stereocenters. The molecule has 0 radical (unpaired) electrons. The molecule has 5 nitrogen and oxygen atoms in total. The molecule has 1 aromatic carbocycles. The number of amides is 2. The summed E-state index contributed by atoms with van der Waals surface area (Å²) in [7, 11) is 0. The lowest BCUT2D eigenvalue weighted by molar-refractivity contribution is -0.186. The number of carbonyl (C=O) groups excluding carboxylic acids is 2. The normalized spacial score (nSPS) is 15.9. The molecule has 3 N–H and O–H groups in total. The standard InChI is InChI=1S/C17H22F3N3O2/c18-17(19,20)16(25)23-9-7-12(8-10-23)11-22-15(24)6-5-13-3-1-2-4-14(13)21/h1-4,12H,5-11,21H2,(H,22,24). The van der Waals surface area contributed by atoms with E-state index in [1.54, 1.807) is 6.07 Å². The molecular weight excluding hydrogens is 335 g/mol. The van der Waals surface area contributed by atoms with E-state index >= 15 is 0 Å². The summed E-state index contributed by atoms with van der Waals surface area (Å²) >= 11 is 0. The molecule has 8 heteroatoms. The van der Waals surface area contributed by atoms with Crippen LogP contribution in [0.25, 0.3) is 0 Å². The molecule has 2 amide bonds. The molecule has 1 saturated heterocycles. The van der Waals surface area contributed by atoms with E-state index < -0.39 is 12.1 Å². The van der Waals surface area contributed by atoms with E-state index in [0.29, 0.717) is 37.9 Å². The number of rotatable bonds is 5. The van der Waals surface area contributed by atoms with Crippen LogP contribution in [0.1, 0.15) is 24.8 Å². The Morgan fingerprint density at radius 1 is 1.20 bits per heavy atom. The van der Waals surface area contributed by atoms with Crippen LogP contribution in [0, 0.1) is 5.92 Å². The summed E-state index contributed by atoms with van der Waals surface area (Å²) in [4.78, 5) is 23.9. The van der Waals surface area contributed by atoms with Crippen LogP contribution in [0.4, 0.5) is 18.9 Å². The van der Waals surface area contributed by atoms with Gasteiger partial charge in [-0.1, -0.05) is 18.2 Å². The van der Waals surface area contributed by atoms with Gasteiger partial charge in [-0.3, -0.25) is 9.59 Å².